The van der Waals surface area contributed by atoms with Crippen LogP contribution in [0.25, 0.3) is 33.3 Å². The highest BCUT2D eigenvalue weighted by molar-refractivity contribution is 6.04. The molecule has 0 amide bonds. The fourth-order valence-corrected chi connectivity index (χ4v) is 2.96. The van der Waals surface area contributed by atoms with Gasteiger partial charge in [-0.15, -0.1) is 0 Å². The van der Waals surface area contributed by atoms with Gasteiger partial charge in [-0.3, -0.25) is 4.98 Å². The van der Waals surface area contributed by atoms with Gasteiger partial charge in [0, 0.05) is 28.2 Å². The summed E-state index contributed by atoms with van der Waals surface area (Å²) in [6.45, 7) is 8.62. The lowest BCUT2D eigenvalue weighted by molar-refractivity contribution is 0.589. The highest BCUT2D eigenvalue weighted by atomic mass is 16.3. The van der Waals surface area contributed by atoms with Crippen molar-refractivity contribution in [1.29, 1.82) is 0 Å². The van der Waals surface area contributed by atoms with E-state index in [9.17, 15) is 0 Å². The summed E-state index contributed by atoms with van der Waals surface area (Å²) in [5, 5.41) is 2.13. The molecule has 3 heterocycles. The minimum Gasteiger partial charge on any atom is -0.438 e. The number of hydrogen-bond donors (Lipinski definition) is 0. The number of aromatic nitrogens is 2. The molecule has 0 aliphatic carbocycles. The molecule has 120 valence electrons. The van der Waals surface area contributed by atoms with Gasteiger partial charge in [-0.1, -0.05) is 20.8 Å². The fourth-order valence-electron chi connectivity index (χ4n) is 2.96. The number of hydrogen-bond acceptors (Lipinski definition) is 3. The van der Waals surface area contributed by atoms with Crippen molar-refractivity contribution in [2.75, 3.05) is 0 Å². The molecule has 0 aliphatic heterocycles. The molecule has 0 atom stereocenters. The summed E-state index contributed by atoms with van der Waals surface area (Å²) in [5.41, 5.74) is 5.97. The van der Waals surface area contributed by atoms with Crippen LogP contribution in [0.15, 0.2) is 53.1 Å². The van der Waals surface area contributed by atoms with Crippen molar-refractivity contribution in [2.45, 2.75) is 33.1 Å². The molecule has 0 unspecified atom stereocenters. The van der Waals surface area contributed by atoms with Crippen LogP contribution in [0.3, 0.4) is 0 Å². The molecular formula is C21H20N2O. The first-order valence-electron chi connectivity index (χ1n) is 8.19. The molecule has 0 aliphatic rings. The maximum Gasteiger partial charge on any atom is 0.227 e. The molecule has 0 saturated heterocycles. The lowest BCUT2D eigenvalue weighted by Gasteiger charge is -2.19. The van der Waals surface area contributed by atoms with Gasteiger partial charge in [-0.25, -0.2) is 4.98 Å². The SMILES string of the molecule is Cc1ccc2c(n1)oc1ccc(-c3cc(C(C)(C)C)ccn3)cc12. The van der Waals surface area contributed by atoms with Gasteiger partial charge >= 0.3 is 0 Å². The molecule has 0 N–H and O–H groups in total. The van der Waals surface area contributed by atoms with E-state index in [1.807, 2.05) is 25.3 Å². The monoisotopic (exact) mass is 316 g/mol. The first kappa shape index (κ1) is 14.9. The van der Waals surface area contributed by atoms with Crippen LogP contribution in [0.2, 0.25) is 0 Å². The van der Waals surface area contributed by atoms with E-state index in [1.54, 1.807) is 0 Å². The maximum atomic E-state index is 5.87. The van der Waals surface area contributed by atoms with E-state index >= 15 is 0 Å². The second-order valence-electron chi connectivity index (χ2n) is 7.30. The summed E-state index contributed by atoms with van der Waals surface area (Å²) in [6.07, 6.45) is 1.89. The van der Waals surface area contributed by atoms with Crippen LogP contribution in [0, 0.1) is 6.92 Å². The van der Waals surface area contributed by atoms with Crippen LogP contribution in [0.4, 0.5) is 0 Å². The van der Waals surface area contributed by atoms with Crippen molar-refractivity contribution in [3.63, 3.8) is 0 Å². The first-order chi connectivity index (χ1) is 11.4. The predicted octanol–water partition coefficient (Wildman–Crippen LogP) is 5.65. The molecule has 0 radical (unpaired) electrons. The summed E-state index contributed by atoms with van der Waals surface area (Å²) in [7, 11) is 0. The van der Waals surface area contributed by atoms with Crippen molar-refractivity contribution in [3.8, 4) is 11.3 Å². The van der Waals surface area contributed by atoms with E-state index in [-0.39, 0.29) is 5.41 Å². The van der Waals surface area contributed by atoms with Gasteiger partial charge in [0.1, 0.15) is 5.58 Å². The number of nitrogens with zero attached hydrogens (tertiary/aromatic N) is 2. The third-order valence-corrected chi connectivity index (χ3v) is 4.40. The van der Waals surface area contributed by atoms with Crippen molar-refractivity contribution < 1.29 is 4.42 Å². The van der Waals surface area contributed by atoms with Gasteiger partial charge in [0.2, 0.25) is 5.71 Å². The summed E-state index contributed by atoms with van der Waals surface area (Å²) in [5.74, 6) is 0. The molecule has 3 heteroatoms. The largest absolute Gasteiger partial charge is 0.438 e. The molecule has 3 nitrogen and oxygen atoms in total. The Morgan fingerprint density at radius 2 is 1.75 bits per heavy atom. The first-order valence-corrected chi connectivity index (χ1v) is 8.19. The fraction of sp³-hybridized carbons (Fsp3) is 0.238. The van der Waals surface area contributed by atoms with Crippen LogP contribution in [0.1, 0.15) is 32.0 Å². The smallest absolute Gasteiger partial charge is 0.227 e. The second-order valence-corrected chi connectivity index (χ2v) is 7.30. The average molecular weight is 316 g/mol. The molecule has 24 heavy (non-hydrogen) atoms. The molecule has 0 saturated carbocycles. The lowest BCUT2D eigenvalue weighted by Crippen LogP contribution is -2.11. The standard InChI is InChI=1S/C21H20N2O/c1-13-5-7-16-17-11-14(6-8-19(17)24-20(16)23-13)18-12-15(9-10-22-18)21(2,3)4/h5-12H,1-4H3. The minimum atomic E-state index is 0.103. The molecular weight excluding hydrogens is 296 g/mol. The number of fused-ring (bicyclic) bond motifs is 3. The Bertz CT molecular complexity index is 1050. The number of benzene rings is 1. The van der Waals surface area contributed by atoms with Crippen LogP contribution >= 0.6 is 0 Å². The van der Waals surface area contributed by atoms with Gasteiger partial charge in [0.25, 0.3) is 0 Å². The summed E-state index contributed by atoms with van der Waals surface area (Å²) in [4.78, 5) is 9.04. The maximum absolute atomic E-state index is 5.87. The molecule has 0 fully saturated rings. The zero-order valence-corrected chi connectivity index (χ0v) is 14.4. The van der Waals surface area contributed by atoms with Crippen LogP contribution < -0.4 is 0 Å². The molecule has 4 aromatic rings. The van der Waals surface area contributed by atoms with Gasteiger partial charge in [0.05, 0.1) is 5.69 Å². The average Bonchev–Trinajstić information content (AvgIpc) is 2.90. The summed E-state index contributed by atoms with van der Waals surface area (Å²) in [6, 6.07) is 14.6. The van der Waals surface area contributed by atoms with E-state index in [0.29, 0.717) is 5.71 Å². The lowest BCUT2D eigenvalue weighted by atomic mass is 9.87. The summed E-state index contributed by atoms with van der Waals surface area (Å²) < 4.78 is 5.87. The van der Waals surface area contributed by atoms with Crippen LogP contribution in [-0.4, -0.2) is 9.97 Å². The summed E-state index contributed by atoms with van der Waals surface area (Å²) >= 11 is 0. The highest BCUT2D eigenvalue weighted by Crippen LogP contribution is 2.32. The Morgan fingerprint density at radius 3 is 2.54 bits per heavy atom. The van der Waals surface area contributed by atoms with Gasteiger partial charge in [-0.2, -0.15) is 0 Å². The van der Waals surface area contributed by atoms with Crippen molar-refractivity contribution >= 4 is 22.1 Å². The minimum absolute atomic E-state index is 0.103. The van der Waals surface area contributed by atoms with E-state index < -0.39 is 0 Å². The zero-order chi connectivity index (χ0) is 16.9. The van der Waals surface area contributed by atoms with E-state index in [4.69, 9.17) is 4.42 Å². The molecule has 0 bridgehead atoms. The van der Waals surface area contributed by atoms with Gasteiger partial charge in [0.15, 0.2) is 0 Å². The van der Waals surface area contributed by atoms with E-state index in [1.165, 1.54) is 5.56 Å². The molecule has 1 aromatic carbocycles. The van der Waals surface area contributed by atoms with E-state index in [2.05, 4.69) is 61.1 Å². The van der Waals surface area contributed by atoms with Crippen molar-refractivity contribution in [2.24, 2.45) is 0 Å². The number of aryl methyl sites for hydroxylation is 1. The third kappa shape index (κ3) is 2.46. The second kappa shape index (κ2) is 5.17. The van der Waals surface area contributed by atoms with Crippen LogP contribution in [-0.2, 0) is 5.41 Å². The quantitative estimate of drug-likeness (QED) is 0.455. The Kier molecular flexibility index (Phi) is 3.20. The highest BCUT2D eigenvalue weighted by Gasteiger charge is 2.15. The number of furan rings is 1. The molecule has 3 aromatic heterocycles. The Morgan fingerprint density at radius 1 is 0.917 bits per heavy atom. The Balaban J connectivity index is 1.90. The topological polar surface area (TPSA) is 38.9 Å². The van der Waals surface area contributed by atoms with Crippen molar-refractivity contribution in [1.82, 2.24) is 9.97 Å². The Hall–Kier alpha value is -2.68. The Labute approximate surface area is 141 Å². The molecule has 4 rings (SSSR count). The van der Waals surface area contributed by atoms with Crippen LogP contribution in [0.5, 0.6) is 0 Å². The van der Waals surface area contributed by atoms with Gasteiger partial charge < -0.3 is 4.42 Å². The van der Waals surface area contributed by atoms with Crippen molar-refractivity contribution in [3.05, 3.63) is 59.9 Å². The van der Waals surface area contributed by atoms with Gasteiger partial charge in [-0.05, 0) is 60.4 Å². The zero-order valence-electron chi connectivity index (χ0n) is 14.4. The molecule has 0 spiro atoms. The number of pyridine rings is 2. The van der Waals surface area contributed by atoms with E-state index in [0.717, 1.165) is 33.3 Å². The normalized spacial score (nSPS) is 12.2. The third-order valence-electron chi connectivity index (χ3n) is 4.40. The predicted molar refractivity (Wildman–Crippen MR) is 98.2 cm³/mol. The number of rotatable bonds is 1.